The van der Waals surface area contributed by atoms with Crippen molar-refractivity contribution in [2.24, 2.45) is 0 Å². The standard InChI is InChI=1S/C19H18F3N5O4/c1-3-30-18(29)14-10-23-27(17(14)19(20,21)22)13-6-4-5-12(9-13)25-15(28)7-8-16-24-11(2)26-31-16/h4-6,9-10H,3,7-8H2,1-2H3,(H,25,28). The number of benzene rings is 1. The number of rotatable bonds is 7. The third-order valence-corrected chi connectivity index (χ3v) is 4.04. The van der Waals surface area contributed by atoms with E-state index in [-0.39, 0.29) is 30.8 Å². The number of aromatic nitrogens is 4. The van der Waals surface area contributed by atoms with Crippen molar-refractivity contribution in [1.29, 1.82) is 0 Å². The van der Waals surface area contributed by atoms with Crippen LogP contribution in [0.4, 0.5) is 18.9 Å². The fraction of sp³-hybridized carbons (Fsp3) is 0.316. The molecule has 0 saturated heterocycles. The molecule has 3 rings (SSSR count). The fourth-order valence-corrected chi connectivity index (χ4v) is 2.78. The average molecular weight is 437 g/mol. The van der Waals surface area contributed by atoms with E-state index in [0.29, 0.717) is 16.4 Å². The van der Waals surface area contributed by atoms with Gasteiger partial charge in [0.1, 0.15) is 5.56 Å². The van der Waals surface area contributed by atoms with Crippen molar-refractivity contribution in [3.8, 4) is 5.69 Å². The molecule has 0 radical (unpaired) electrons. The molecule has 2 heterocycles. The lowest BCUT2D eigenvalue weighted by atomic mass is 10.2. The largest absolute Gasteiger partial charge is 0.462 e. The molecule has 0 aliphatic carbocycles. The molecular weight excluding hydrogens is 419 g/mol. The number of alkyl halides is 3. The minimum absolute atomic E-state index is 0.00759. The van der Waals surface area contributed by atoms with Crippen LogP contribution in [0.15, 0.2) is 35.0 Å². The predicted octanol–water partition coefficient (Wildman–Crippen LogP) is 3.33. The normalized spacial score (nSPS) is 11.4. The lowest BCUT2D eigenvalue weighted by Crippen LogP contribution is -2.18. The Bertz CT molecular complexity index is 1090. The SMILES string of the molecule is CCOC(=O)c1cnn(-c2cccc(NC(=O)CCc3nc(C)no3)c2)c1C(F)(F)F. The van der Waals surface area contributed by atoms with Crippen LogP contribution in [-0.2, 0) is 22.1 Å². The second-order valence-electron chi connectivity index (χ2n) is 6.37. The Balaban J connectivity index is 1.81. The average Bonchev–Trinajstić information content (AvgIpc) is 3.33. The minimum Gasteiger partial charge on any atom is -0.462 e. The number of carbonyl (C=O) groups excluding carboxylic acids is 2. The van der Waals surface area contributed by atoms with E-state index in [4.69, 9.17) is 4.52 Å². The number of nitrogens with zero attached hydrogens (tertiary/aromatic N) is 4. The molecule has 0 aliphatic heterocycles. The van der Waals surface area contributed by atoms with Gasteiger partial charge >= 0.3 is 12.1 Å². The molecule has 0 bridgehead atoms. The van der Waals surface area contributed by atoms with Gasteiger partial charge < -0.3 is 14.6 Å². The summed E-state index contributed by atoms with van der Waals surface area (Å²) in [5, 5.41) is 9.93. The van der Waals surface area contributed by atoms with Crippen LogP contribution in [-0.4, -0.2) is 38.4 Å². The Morgan fingerprint density at radius 3 is 2.71 bits per heavy atom. The zero-order valence-electron chi connectivity index (χ0n) is 16.6. The molecule has 1 amide bonds. The van der Waals surface area contributed by atoms with Crippen LogP contribution >= 0.6 is 0 Å². The molecule has 2 aromatic heterocycles. The highest BCUT2D eigenvalue weighted by molar-refractivity contribution is 5.92. The number of nitrogens with one attached hydrogen (secondary N) is 1. The first kappa shape index (κ1) is 22.0. The lowest BCUT2D eigenvalue weighted by Gasteiger charge is -2.13. The van der Waals surface area contributed by atoms with Gasteiger partial charge in [-0.1, -0.05) is 11.2 Å². The van der Waals surface area contributed by atoms with E-state index in [2.05, 4.69) is 25.3 Å². The van der Waals surface area contributed by atoms with Crippen LogP contribution in [0.1, 0.15) is 41.1 Å². The van der Waals surface area contributed by atoms with E-state index in [1.807, 2.05) is 0 Å². The summed E-state index contributed by atoms with van der Waals surface area (Å²) in [6.07, 6.45) is -3.81. The Kier molecular flexibility index (Phi) is 6.37. The third-order valence-electron chi connectivity index (χ3n) is 4.04. The molecule has 3 aromatic rings. The number of esters is 1. The molecule has 12 heteroatoms. The predicted molar refractivity (Wildman–Crippen MR) is 101 cm³/mol. The van der Waals surface area contributed by atoms with Crippen molar-refractivity contribution >= 4 is 17.6 Å². The molecule has 0 fully saturated rings. The monoisotopic (exact) mass is 437 g/mol. The minimum atomic E-state index is -4.86. The van der Waals surface area contributed by atoms with Gasteiger partial charge in [-0.25, -0.2) is 9.48 Å². The van der Waals surface area contributed by atoms with Crippen molar-refractivity contribution in [2.75, 3.05) is 11.9 Å². The van der Waals surface area contributed by atoms with E-state index in [0.717, 1.165) is 6.20 Å². The zero-order chi connectivity index (χ0) is 22.6. The van der Waals surface area contributed by atoms with Crippen LogP contribution in [0, 0.1) is 6.92 Å². The maximum absolute atomic E-state index is 13.6. The first-order valence-corrected chi connectivity index (χ1v) is 9.21. The quantitative estimate of drug-likeness (QED) is 0.564. The third kappa shape index (κ3) is 5.27. The number of anilines is 1. The maximum Gasteiger partial charge on any atom is 0.434 e. The van der Waals surface area contributed by atoms with Gasteiger partial charge in [-0.05, 0) is 32.0 Å². The molecule has 9 nitrogen and oxygen atoms in total. The van der Waals surface area contributed by atoms with Gasteiger partial charge in [0.2, 0.25) is 11.8 Å². The maximum atomic E-state index is 13.6. The molecule has 0 saturated carbocycles. The molecule has 0 spiro atoms. The van der Waals surface area contributed by atoms with Crippen molar-refractivity contribution in [3.05, 3.63) is 53.4 Å². The molecule has 0 atom stereocenters. The van der Waals surface area contributed by atoms with Crippen molar-refractivity contribution in [1.82, 2.24) is 19.9 Å². The van der Waals surface area contributed by atoms with Crippen LogP contribution < -0.4 is 5.32 Å². The molecule has 0 aliphatic rings. The second-order valence-corrected chi connectivity index (χ2v) is 6.37. The summed E-state index contributed by atoms with van der Waals surface area (Å²) in [4.78, 5) is 28.1. The first-order chi connectivity index (χ1) is 14.7. The Morgan fingerprint density at radius 1 is 1.29 bits per heavy atom. The summed E-state index contributed by atoms with van der Waals surface area (Å²) in [7, 11) is 0. The number of amides is 1. The smallest absolute Gasteiger partial charge is 0.434 e. The summed E-state index contributed by atoms with van der Waals surface area (Å²) in [5.41, 5.74) is -1.70. The summed E-state index contributed by atoms with van der Waals surface area (Å²) < 4.78 is 51.1. The molecular formula is C19H18F3N5O4. The van der Waals surface area contributed by atoms with Gasteiger partial charge in [0.05, 0.1) is 18.5 Å². The second kappa shape index (κ2) is 8.98. The number of hydrogen-bond donors (Lipinski definition) is 1. The lowest BCUT2D eigenvalue weighted by molar-refractivity contribution is -0.143. The first-order valence-electron chi connectivity index (χ1n) is 9.21. The van der Waals surface area contributed by atoms with Crippen molar-refractivity contribution in [2.45, 2.75) is 32.9 Å². The van der Waals surface area contributed by atoms with E-state index in [1.165, 1.54) is 31.2 Å². The number of aryl methyl sites for hydroxylation is 2. The van der Waals surface area contributed by atoms with E-state index in [1.54, 1.807) is 6.92 Å². The topological polar surface area (TPSA) is 112 Å². The summed E-state index contributed by atoms with van der Waals surface area (Å²) >= 11 is 0. The van der Waals surface area contributed by atoms with Crippen molar-refractivity contribution in [3.63, 3.8) is 0 Å². The van der Waals surface area contributed by atoms with E-state index >= 15 is 0 Å². The molecule has 1 aromatic carbocycles. The summed E-state index contributed by atoms with van der Waals surface area (Å²) in [6.45, 7) is 3.06. The summed E-state index contributed by atoms with van der Waals surface area (Å²) in [5.74, 6) is -0.761. The number of ether oxygens (including phenoxy) is 1. The van der Waals surface area contributed by atoms with Crippen LogP contribution in [0.3, 0.4) is 0 Å². The van der Waals surface area contributed by atoms with Crippen molar-refractivity contribution < 1.29 is 32.0 Å². The summed E-state index contributed by atoms with van der Waals surface area (Å²) in [6, 6.07) is 5.65. The number of halogens is 3. The van der Waals surface area contributed by atoms with Gasteiger partial charge in [0.15, 0.2) is 11.5 Å². The number of carbonyl (C=O) groups is 2. The van der Waals surface area contributed by atoms with Gasteiger partial charge in [0.25, 0.3) is 0 Å². The molecule has 164 valence electrons. The van der Waals surface area contributed by atoms with Crippen LogP contribution in [0.25, 0.3) is 5.69 Å². The van der Waals surface area contributed by atoms with E-state index < -0.39 is 29.3 Å². The number of hydrogen-bond acceptors (Lipinski definition) is 7. The highest BCUT2D eigenvalue weighted by atomic mass is 19.4. The van der Waals surface area contributed by atoms with Gasteiger partial charge in [-0.2, -0.15) is 23.3 Å². The molecule has 1 N–H and O–H groups in total. The molecule has 31 heavy (non-hydrogen) atoms. The Hall–Kier alpha value is -3.70. The van der Waals surface area contributed by atoms with Gasteiger partial charge in [-0.15, -0.1) is 0 Å². The molecule has 0 unspecified atom stereocenters. The van der Waals surface area contributed by atoms with Crippen LogP contribution in [0.5, 0.6) is 0 Å². The van der Waals surface area contributed by atoms with Gasteiger partial charge in [0, 0.05) is 18.5 Å². The Morgan fingerprint density at radius 2 is 2.06 bits per heavy atom. The van der Waals surface area contributed by atoms with Crippen LogP contribution in [0.2, 0.25) is 0 Å². The highest BCUT2D eigenvalue weighted by Gasteiger charge is 2.41. The highest BCUT2D eigenvalue weighted by Crippen LogP contribution is 2.34. The van der Waals surface area contributed by atoms with E-state index in [9.17, 15) is 22.8 Å². The van der Waals surface area contributed by atoms with Gasteiger partial charge in [-0.3, -0.25) is 4.79 Å². The zero-order valence-corrected chi connectivity index (χ0v) is 16.6. The Labute approximate surface area is 174 Å². The fourth-order valence-electron chi connectivity index (χ4n) is 2.78.